The number of aromatic hydroxyl groups is 1. The van der Waals surface area contributed by atoms with E-state index in [1.807, 2.05) is 0 Å². The Balaban J connectivity index is 1.85. The topological polar surface area (TPSA) is 69.6 Å². The number of carbonyl (C=O) groups excluding carboxylic acids is 1. The van der Waals surface area contributed by atoms with Crippen molar-refractivity contribution >= 4 is 28.8 Å². The average molecular weight is 326 g/mol. The summed E-state index contributed by atoms with van der Waals surface area (Å²) in [6, 6.07) is 8.58. The average Bonchev–Trinajstić information content (AvgIpc) is 2.87. The molecule has 1 atom stereocenters. The summed E-state index contributed by atoms with van der Waals surface area (Å²) in [7, 11) is 0. The second-order valence-corrected chi connectivity index (χ2v) is 6.51. The van der Waals surface area contributed by atoms with E-state index in [1.54, 1.807) is 37.3 Å². The van der Waals surface area contributed by atoms with Gasteiger partial charge in [0.2, 0.25) is 5.91 Å². The predicted molar refractivity (Wildman–Crippen MR) is 83.8 cm³/mol. The quantitative estimate of drug-likeness (QED) is 0.791. The van der Waals surface area contributed by atoms with Crippen molar-refractivity contribution < 1.29 is 15.0 Å². The summed E-state index contributed by atoms with van der Waals surface area (Å²) < 4.78 is 0.602. The number of halogens is 1. The summed E-state index contributed by atoms with van der Waals surface area (Å²) in [4.78, 5) is 12.5. The molecule has 0 fully saturated rings. The van der Waals surface area contributed by atoms with Crippen molar-refractivity contribution in [2.24, 2.45) is 0 Å². The highest BCUT2D eigenvalue weighted by Crippen LogP contribution is 2.26. The van der Waals surface area contributed by atoms with E-state index in [4.69, 9.17) is 11.6 Å². The summed E-state index contributed by atoms with van der Waals surface area (Å²) in [6.45, 7) is 1.93. The first-order valence-electron chi connectivity index (χ1n) is 6.44. The van der Waals surface area contributed by atoms with Gasteiger partial charge in [0.05, 0.1) is 10.8 Å². The number of nitrogens with one attached hydrogen (secondary N) is 1. The van der Waals surface area contributed by atoms with E-state index in [0.717, 1.165) is 11.1 Å². The minimum atomic E-state index is -0.766. The minimum Gasteiger partial charge on any atom is -0.508 e. The molecule has 112 valence electrons. The molecular weight excluding hydrogens is 310 g/mol. The third-order valence-corrected chi connectivity index (χ3v) is 4.39. The maximum atomic E-state index is 11.8. The fraction of sp³-hybridized carbons (Fsp3) is 0.267. The van der Waals surface area contributed by atoms with Gasteiger partial charge in [-0.3, -0.25) is 4.79 Å². The van der Waals surface area contributed by atoms with Gasteiger partial charge < -0.3 is 15.5 Å². The molecule has 0 saturated carbocycles. The van der Waals surface area contributed by atoms with Crippen molar-refractivity contribution in [2.75, 3.05) is 6.54 Å². The van der Waals surface area contributed by atoms with E-state index in [2.05, 4.69) is 5.32 Å². The van der Waals surface area contributed by atoms with E-state index >= 15 is 0 Å². The first-order chi connectivity index (χ1) is 9.95. The molecule has 4 nitrogen and oxygen atoms in total. The highest BCUT2D eigenvalue weighted by atomic mass is 35.5. The van der Waals surface area contributed by atoms with Crippen LogP contribution in [0.3, 0.4) is 0 Å². The number of hydrogen-bond acceptors (Lipinski definition) is 4. The lowest BCUT2D eigenvalue weighted by atomic mass is 10.1. The van der Waals surface area contributed by atoms with Crippen LogP contribution in [-0.4, -0.2) is 22.7 Å². The number of aliphatic hydroxyl groups excluding tert-OH is 1. The molecule has 2 rings (SSSR count). The van der Waals surface area contributed by atoms with Crippen LogP contribution in [0, 0.1) is 6.92 Å². The van der Waals surface area contributed by atoms with Gasteiger partial charge in [-0.25, -0.2) is 0 Å². The Morgan fingerprint density at radius 3 is 2.76 bits per heavy atom. The number of aryl methyl sites for hydroxylation is 1. The molecule has 1 aromatic heterocycles. The van der Waals surface area contributed by atoms with Crippen LogP contribution >= 0.6 is 22.9 Å². The van der Waals surface area contributed by atoms with Crippen molar-refractivity contribution in [3.8, 4) is 5.75 Å². The Morgan fingerprint density at radius 1 is 1.38 bits per heavy atom. The van der Waals surface area contributed by atoms with Gasteiger partial charge in [0, 0.05) is 11.4 Å². The van der Waals surface area contributed by atoms with Crippen LogP contribution in [0.25, 0.3) is 0 Å². The molecule has 1 heterocycles. The van der Waals surface area contributed by atoms with Crippen LogP contribution in [0.15, 0.2) is 30.3 Å². The SMILES string of the molecule is Cc1ccc(CC(=O)NCC(O)c2ccc(Cl)s2)cc1O. The predicted octanol–water partition coefficient (Wildman–Crippen LogP) is 2.81. The molecule has 0 bridgehead atoms. The molecular formula is C15H16ClNO3S. The van der Waals surface area contributed by atoms with E-state index in [-0.39, 0.29) is 24.6 Å². The molecule has 3 N–H and O–H groups in total. The maximum absolute atomic E-state index is 11.8. The van der Waals surface area contributed by atoms with E-state index < -0.39 is 6.10 Å². The third kappa shape index (κ3) is 4.46. The number of phenolic OH excluding ortho intramolecular Hbond substituents is 1. The number of hydrogen-bond donors (Lipinski definition) is 3. The van der Waals surface area contributed by atoms with Crippen LogP contribution in [0.5, 0.6) is 5.75 Å². The molecule has 0 aliphatic carbocycles. The number of amides is 1. The van der Waals surface area contributed by atoms with E-state index in [9.17, 15) is 15.0 Å². The zero-order chi connectivity index (χ0) is 15.4. The van der Waals surface area contributed by atoms with Crippen LogP contribution in [0.2, 0.25) is 4.34 Å². The Morgan fingerprint density at radius 2 is 2.14 bits per heavy atom. The third-order valence-electron chi connectivity index (χ3n) is 3.05. The van der Waals surface area contributed by atoms with Gasteiger partial charge >= 0.3 is 0 Å². The van der Waals surface area contributed by atoms with Crippen LogP contribution in [0.1, 0.15) is 22.1 Å². The van der Waals surface area contributed by atoms with Gasteiger partial charge in [-0.2, -0.15) is 0 Å². The van der Waals surface area contributed by atoms with Gasteiger partial charge in [0.25, 0.3) is 0 Å². The molecule has 0 aliphatic rings. The molecule has 0 radical (unpaired) electrons. The fourth-order valence-corrected chi connectivity index (χ4v) is 2.88. The largest absolute Gasteiger partial charge is 0.508 e. The molecule has 21 heavy (non-hydrogen) atoms. The lowest BCUT2D eigenvalue weighted by molar-refractivity contribution is -0.120. The number of benzene rings is 1. The Hall–Kier alpha value is -1.56. The van der Waals surface area contributed by atoms with Crippen LogP contribution < -0.4 is 5.32 Å². The van der Waals surface area contributed by atoms with Gasteiger partial charge in [-0.1, -0.05) is 23.7 Å². The standard InChI is InChI=1S/C15H16ClNO3S/c1-9-2-3-10(6-11(9)18)7-15(20)17-8-12(19)13-4-5-14(16)21-13/h2-6,12,18-19H,7-8H2,1H3,(H,17,20). The molecule has 1 unspecified atom stereocenters. The summed E-state index contributed by atoms with van der Waals surface area (Å²) >= 11 is 7.08. The molecule has 2 aromatic rings. The number of thiophene rings is 1. The molecule has 6 heteroatoms. The van der Waals surface area contributed by atoms with Crippen molar-refractivity contribution in [3.63, 3.8) is 0 Å². The number of phenols is 1. The van der Waals surface area contributed by atoms with Crippen LogP contribution in [-0.2, 0) is 11.2 Å². The minimum absolute atomic E-state index is 0.132. The van der Waals surface area contributed by atoms with Gasteiger partial charge in [0.1, 0.15) is 11.9 Å². The monoisotopic (exact) mass is 325 g/mol. The maximum Gasteiger partial charge on any atom is 0.224 e. The smallest absolute Gasteiger partial charge is 0.224 e. The number of aliphatic hydroxyl groups is 1. The molecule has 1 amide bonds. The lowest BCUT2D eigenvalue weighted by Crippen LogP contribution is -2.29. The summed E-state index contributed by atoms with van der Waals surface area (Å²) in [5, 5.41) is 22.2. The number of rotatable bonds is 5. The van der Waals surface area contributed by atoms with Gasteiger partial charge in [0.15, 0.2) is 0 Å². The first kappa shape index (κ1) is 15.8. The van der Waals surface area contributed by atoms with Crippen molar-refractivity contribution in [2.45, 2.75) is 19.4 Å². The van der Waals surface area contributed by atoms with Crippen molar-refractivity contribution in [1.29, 1.82) is 0 Å². The lowest BCUT2D eigenvalue weighted by Gasteiger charge is -2.10. The van der Waals surface area contributed by atoms with Gasteiger partial charge in [-0.15, -0.1) is 11.3 Å². The zero-order valence-corrected chi connectivity index (χ0v) is 13.0. The molecule has 0 saturated heterocycles. The van der Waals surface area contributed by atoms with Crippen molar-refractivity contribution in [1.82, 2.24) is 5.32 Å². The Kier molecular flexibility index (Phi) is 5.22. The summed E-state index contributed by atoms with van der Waals surface area (Å²) in [5.41, 5.74) is 1.49. The second kappa shape index (κ2) is 6.93. The summed E-state index contributed by atoms with van der Waals surface area (Å²) in [6.07, 6.45) is -0.607. The second-order valence-electron chi connectivity index (χ2n) is 4.76. The Bertz CT molecular complexity index is 642. The Labute approximate surface area is 132 Å². The van der Waals surface area contributed by atoms with Crippen LogP contribution in [0.4, 0.5) is 0 Å². The number of carbonyl (C=O) groups is 1. The fourth-order valence-electron chi connectivity index (χ4n) is 1.83. The highest BCUT2D eigenvalue weighted by molar-refractivity contribution is 7.16. The molecule has 1 aromatic carbocycles. The first-order valence-corrected chi connectivity index (χ1v) is 7.63. The van der Waals surface area contributed by atoms with Crippen molar-refractivity contribution in [3.05, 3.63) is 50.7 Å². The molecule has 0 spiro atoms. The zero-order valence-electron chi connectivity index (χ0n) is 11.5. The summed E-state index contributed by atoms with van der Waals surface area (Å²) in [5.74, 6) is -0.0338. The van der Waals surface area contributed by atoms with E-state index in [1.165, 1.54) is 11.3 Å². The normalized spacial score (nSPS) is 12.1. The molecule has 0 aliphatic heterocycles. The highest BCUT2D eigenvalue weighted by Gasteiger charge is 2.12. The van der Waals surface area contributed by atoms with Gasteiger partial charge in [-0.05, 0) is 36.2 Å². The van der Waals surface area contributed by atoms with E-state index in [0.29, 0.717) is 9.21 Å².